The molecule has 0 radical (unpaired) electrons. The van der Waals surface area contributed by atoms with Gasteiger partial charge in [0.2, 0.25) is 29.5 Å². The summed E-state index contributed by atoms with van der Waals surface area (Å²) in [6.45, 7) is 0.245. The molecule has 1 rings (SSSR count). The lowest BCUT2D eigenvalue weighted by Gasteiger charge is -2.28. The number of carboxylic acid groups (broad SMARTS) is 1. The molecule has 1 saturated heterocycles. The largest absolute Gasteiger partial charge is 0.480 e. The molecule has 4 unspecified atom stereocenters. The highest BCUT2D eigenvalue weighted by Gasteiger charge is 2.39. The highest BCUT2D eigenvalue weighted by Crippen LogP contribution is 2.19. The topological polar surface area (TPSA) is 292 Å². The number of carboxylic acids is 1. The summed E-state index contributed by atoms with van der Waals surface area (Å²) in [5.41, 5.74) is 26.4. The first-order valence-corrected chi connectivity index (χ1v) is 10.8. The molecule has 35 heavy (non-hydrogen) atoms. The molecule has 1 aliphatic rings. The average molecular weight is 500 g/mol. The third-order valence-electron chi connectivity index (χ3n) is 5.18. The molecule has 5 amide bonds. The van der Waals surface area contributed by atoms with Crippen LogP contribution in [0.15, 0.2) is 4.99 Å². The minimum absolute atomic E-state index is 0.00338. The Kier molecular flexibility index (Phi) is 11.4. The molecule has 4 atom stereocenters. The zero-order valence-electron chi connectivity index (χ0n) is 19.1. The molecule has 0 aromatic rings. The molecule has 16 heteroatoms. The van der Waals surface area contributed by atoms with Crippen LogP contribution in [0.2, 0.25) is 0 Å². The minimum Gasteiger partial charge on any atom is -0.480 e. The maximum atomic E-state index is 13.0. The molecule has 1 heterocycles. The summed E-state index contributed by atoms with van der Waals surface area (Å²) in [5, 5.41) is 14.1. The Balaban J connectivity index is 3.04. The van der Waals surface area contributed by atoms with Crippen LogP contribution in [-0.2, 0) is 28.8 Å². The monoisotopic (exact) mass is 499 g/mol. The van der Waals surface area contributed by atoms with Crippen molar-refractivity contribution in [1.82, 2.24) is 15.5 Å². The summed E-state index contributed by atoms with van der Waals surface area (Å²) in [5.74, 6) is -5.64. The van der Waals surface area contributed by atoms with E-state index in [1.54, 1.807) is 0 Å². The fourth-order valence-corrected chi connectivity index (χ4v) is 3.52. The van der Waals surface area contributed by atoms with Crippen LogP contribution in [0.4, 0.5) is 0 Å². The lowest BCUT2D eigenvalue weighted by atomic mass is 10.1. The Morgan fingerprint density at radius 3 is 2.09 bits per heavy atom. The van der Waals surface area contributed by atoms with Gasteiger partial charge < -0.3 is 49.3 Å². The third kappa shape index (κ3) is 9.83. The summed E-state index contributed by atoms with van der Waals surface area (Å²) in [7, 11) is 0. The van der Waals surface area contributed by atoms with Gasteiger partial charge >= 0.3 is 5.97 Å². The Morgan fingerprint density at radius 1 is 0.943 bits per heavy atom. The van der Waals surface area contributed by atoms with Crippen molar-refractivity contribution in [3.8, 4) is 0 Å². The molecule has 0 spiro atoms. The van der Waals surface area contributed by atoms with E-state index in [2.05, 4.69) is 15.6 Å². The number of nitrogens with two attached hydrogens (primary N) is 5. The van der Waals surface area contributed by atoms with Gasteiger partial charge in [-0.1, -0.05) is 0 Å². The van der Waals surface area contributed by atoms with Gasteiger partial charge in [0, 0.05) is 13.1 Å². The quantitative estimate of drug-likeness (QED) is 0.0640. The van der Waals surface area contributed by atoms with Crippen molar-refractivity contribution < 1.29 is 33.9 Å². The highest BCUT2D eigenvalue weighted by molar-refractivity contribution is 5.96. The van der Waals surface area contributed by atoms with E-state index < -0.39 is 72.5 Å². The summed E-state index contributed by atoms with van der Waals surface area (Å²) in [4.78, 5) is 77.2. The Labute approximate surface area is 201 Å². The summed E-state index contributed by atoms with van der Waals surface area (Å²) < 4.78 is 0. The third-order valence-corrected chi connectivity index (χ3v) is 5.18. The van der Waals surface area contributed by atoms with Gasteiger partial charge in [-0.15, -0.1) is 0 Å². The van der Waals surface area contributed by atoms with E-state index in [1.807, 2.05) is 0 Å². The Bertz CT molecular complexity index is 860. The molecule has 13 N–H and O–H groups in total. The lowest BCUT2D eigenvalue weighted by Crippen LogP contribution is -2.58. The van der Waals surface area contributed by atoms with E-state index in [0.717, 1.165) is 4.90 Å². The van der Waals surface area contributed by atoms with Crippen LogP contribution < -0.4 is 39.3 Å². The first-order chi connectivity index (χ1) is 16.3. The number of primary amides is 2. The predicted molar refractivity (Wildman–Crippen MR) is 122 cm³/mol. The first kappa shape index (κ1) is 29.1. The number of likely N-dealkylation sites (tertiary alicyclic amines) is 1. The smallest absolute Gasteiger partial charge is 0.326 e. The van der Waals surface area contributed by atoms with Gasteiger partial charge in [0.1, 0.15) is 18.1 Å². The maximum absolute atomic E-state index is 13.0. The van der Waals surface area contributed by atoms with E-state index in [4.69, 9.17) is 28.7 Å². The van der Waals surface area contributed by atoms with Crippen molar-refractivity contribution in [1.29, 1.82) is 0 Å². The molecular formula is C19H33N9O7. The number of hydrogen-bond donors (Lipinski definition) is 8. The van der Waals surface area contributed by atoms with Gasteiger partial charge in [0.15, 0.2) is 5.96 Å². The van der Waals surface area contributed by atoms with E-state index >= 15 is 0 Å². The highest BCUT2D eigenvalue weighted by atomic mass is 16.4. The molecule has 1 fully saturated rings. The Morgan fingerprint density at radius 2 is 1.54 bits per heavy atom. The number of guanidine groups is 1. The number of nitrogens with zero attached hydrogens (tertiary/aromatic N) is 2. The molecule has 0 aromatic carbocycles. The second-order valence-corrected chi connectivity index (χ2v) is 8.05. The van der Waals surface area contributed by atoms with Crippen molar-refractivity contribution in [3.05, 3.63) is 0 Å². The van der Waals surface area contributed by atoms with E-state index in [0.29, 0.717) is 6.42 Å². The summed E-state index contributed by atoms with van der Waals surface area (Å²) in [6.07, 6.45) is -0.188. The molecule has 0 saturated carbocycles. The van der Waals surface area contributed by atoms with Crippen LogP contribution in [0.25, 0.3) is 0 Å². The fraction of sp³-hybridized carbons (Fsp3) is 0.632. The van der Waals surface area contributed by atoms with Gasteiger partial charge in [-0.25, -0.2) is 4.79 Å². The number of carbonyl (C=O) groups excluding carboxylic acids is 5. The zero-order chi connectivity index (χ0) is 26.7. The van der Waals surface area contributed by atoms with E-state index in [1.165, 1.54) is 0 Å². The number of aliphatic carboxylic acids is 1. The van der Waals surface area contributed by atoms with E-state index in [9.17, 15) is 33.9 Å². The summed E-state index contributed by atoms with van der Waals surface area (Å²) in [6, 6.07) is -5.15. The lowest BCUT2D eigenvalue weighted by molar-refractivity contribution is -0.149. The van der Waals surface area contributed by atoms with Crippen molar-refractivity contribution >= 4 is 41.5 Å². The first-order valence-electron chi connectivity index (χ1n) is 10.8. The maximum Gasteiger partial charge on any atom is 0.326 e. The van der Waals surface area contributed by atoms with Crippen LogP contribution in [0.1, 0.15) is 38.5 Å². The number of amides is 5. The number of nitrogens with one attached hydrogen (secondary N) is 2. The summed E-state index contributed by atoms with van der Waals surface area (Å²) >= 11 is 0. The molecule has 196 valence electrons. The molecule has 0 aliphatic carbocycles. The van der Waals surface area contributed by atoms with Gasteiger partial charge in [-0.2, -0.15) is 0 Å². The fourth-order valence-electron chi connectivity index (χ4n) is 3.52. The van der Waals surface area contributed by atoms with Gasteiger partial charge in [0.25, 0.3) is 0 Å². The van der Waals surface area contributed by atoms with Gasteiger partial charge in [-0.05, 0) is 25.7 Å². The molecule has 16 nitrogen and oxygen atoms in total. The van der Waals surface area contributed by atoms with Crippen LogP contribution in [0, 0.1) is 0 Å². The second kappa shape index (κ2) is 13.7. The number of aliphatic imine (C=N–C) groups is 1. The number of carbonyl (C=O) groups is 6. The van der Waals surface area contributed by atoms with Crippen molar-refractivity contribution in [2.45, 2.75) is 62.7 Å². The van der Waals surface area contributed by atoms with Gasteiger partial charge in [0.05, 0.1) is 18.9 Å². The van der Waals surface area contributed by atoms with E-state index in [-0.39, 0.29) is 38.3 Å². The molecule has 1 aliphatic heterocycles. The second-order valence-electron chi connectivity index (χ2n) is 8.05. The zero-order valence-corrected chi connectivity index (χ0v) is 19.1. The predicted octanol–water partition coefficient (Wildman–Crippen LogP) is -4.84. The molecule has 0 bridgehead atoms. The van der Waals surface area contributed by atoms with Crippen LogP contribution >= 0.6 is 0 Å². The SMILES string of the molecule is NC(=O)CC(N)C(=O)NC(CCCN=C(N)N)C(=O)NC(CC(N)=O)C(=O)N1CCCC1C(=O)O. The number of rotatable bonds is 14. The van der Waals surface area contributed by atoms with Crippen LogP contribution in [0.5, 0.6) is 0 Å². The van der Waals surface area contributed by atoms with Crippen molar-refractivity contribution in [2.24, 2.45) is 33.7 Å². The number of hydrogen-bond acceptors (Lipinski definition) is 8. The minimum atomic E-state index is -1.46. The normalized spacial score (nSPS) is 17.5. The van der Waals surface area contributed by atoms with Crippen molar-refractivity contribution in [3.63, 3.8) is 0 Å². The van der Waals surface area contributed by atoms with Crippen LogP contribution in [-0.4, -0.2) is 88.7 Å². The average Bonchev–Trinajstić information content (AvgIpc) is 3.23. The Hall–Kier alpha value is -3.95. The van der Waals surface area contributed by atoms with Crippen molar-refractivity contribution in [2.75, 3.05) is 13.1 Å². The standard InChI is InChI=1S/C19H33N9O7/c20-9(7-13(21)29)15(31)26-10(3-1-5-25-19(23)24)16(32)27-11(8-14(22)30)17(33)28-6-2-4-12(28)18(34)35/h9-12H,1-8,20H2,(H2,21,29)(H2,22,30)(H,26,31)(H,27,32)(H,34,35)(H4,23,24,25). The van der Waals surface area contributed by atoms with Gasteiger partial charge in [-0.3, -0.25) is 29.0 Å². The molecular weight excluding hydrogens is 466 g/mol. The van der Waals surface area contributed by atoms with Crippen LogP contribution in [0.3, 0.4) is 0 Å². The molecule has 0 aromatic heterocycles.